The molecule has 27 heavy (non-hydrogen) atoms. The van der Waals surface area contributed by atoms with Crippen molar-refractivity contribution in [2.45, 2.75) is 19.9 Å². The van der Waals surface area contributed by atoms with E-state index in [1.54, 1.807) is 6.20 Å². The number of aromatic nitrogens is 5. The Bertz CT molecular complexity index is 1100. The number of benzene rings is 1. The molecular weight excluding hydrogens is 338 g/mol. The van der Waals surface area contributed by atoms with Crippen molar-refractivity contribution in [2.24, 2.45) is 0 Å². The third-order valence-corrected chi connectivity index (χ3v) is 4.41. The number of pyridine rings is 2. The average molecular weight is 357 g/mol. The molecule has 4 aromatic rings. The number of rotatable bonds is 4. The van der Waals surface area contributed by atoms with Gasteiger partial charge in [-0.05, 0) is 37.6 Å². The second-order valence-electron chi connectivity index (χ2n) is 6.35. The zero-order valence-electron chi connectivity index (χ0n) is 15.1. The van der Waals surface area contributed by atoms with E-state index in [0.717, 1.165) is 33.3 Å². The third-order valence-electron chi connectivity index (χ3n) is 4.41. The van der Waals surface area contributed by atoms with Gasteiger partial charge in [-0.1, -0.05) is 18.2 Å². The number of para-hydroxylation sites is 1. The minimum Gasteiger partial charge on any atom is -0.368 e. The van der Waals surface area contributed by atoms with Gasteiger partial charge in [-0.15, -0.1) is 0 Å². The molecule has 134 valence electrons. The van der Waals surface area contributed by atoms with Crippen molar-refractivity contribution in [2.75, 3.05) is 11.1 Å². The van der Waals surface area contributed by atoms with Crippen molar-refractivity contribution in [1.82, 2.24) is 24.9 Å². The highest BCUT2D eigenvalue weighted by Crippen LogP contribution is 2.31. The van der Waals surface area contributed by atoms with E-state index < -0.39 is 0 Å². The summed E-state index contributed by atoms with van der Waals surface area (Å²) in [6.45, 7) is 4.11. The minimum absolute atomic E-state index is 0.0978. The number of nitrogens with zero attached hydrogens (tertiary/aromatic N) is 5. The lowest BCUT2D eigenvalue weighted by Crippen LogP contribution is -2.12. The predicted octanol–water partition coefficient (Wildman–Crippen LogP) is 3.55. The topological polar surface area (TPSA) is 102 Å². The fourth-order valence-corrected chi connectivity index (χ4v) is 3.08. The number of hydrogen-bond acceptors (Lipinski definition) is 7. The second-order valence-corrected chi connectivity index (χ2v) is 6.35. The quantitative estimate of drug-likeness (QED) is 0.576. The van der Waals surface area contributed by atoms with Crippen LogP contribution in [0.5, 0.6) is 0 Å². The number of fused-ring (bicyclic) bond motifs is 1. The second kappa shape index (κ2) is 6.95. The molecule has 4 rings (SSSR count). The summed E-state index contributed by atoms with van der Waals surface area (Å²) in [4.78, 5) is 21.3. The lowest BCUT2D eigenvalue weighted by Gasteiger charge is -2.19. The molecule has 1 atom stereocenters. The normalized spacial score (nSPS) is 12.1. The molecule has 0 aliphatic carbocycles. The molecule has 0 aliphatic heterocycles. The van der Waals surface area contributed by atoms with Crippen LogP contribution in [-0.2, 0) is 0 Å². The van der Waals surface area contributed by atoms with Gasteiger partial charge in [-0.3, -0.25) is 4.98 Å². The molecule has 0 aliphatic rings. The first-order valence-corrected chi connectivity index (χ1v) is 8.63. The molecule has 7 nitrogen and oxygen atoms in total. The molecule has 0 unspecified atom stereocenters. The molecule has 0 amide bonds. The fraction of sp³-hybridized carbons (Fsp3) is 0.150. The van der Waals surface area contributed by atoms with Crippen LogP contribution in [-0.4, -0.2) is 24.9 Å². The van der Waals surface area contributed by atoms with E-state index in [0.29, 0.717) is 5.95 Å². The Morgan fingerprint density at radius 1 is 1.07 bits per heavy atom. The van der Waals surface area contributed by atoms with Gasteiger partial charge < -0.3 is 11.1 Å². The van der Waals surface area contributed by atoms with Crippen molar-refractivity contribution in [3.8, 4) is 11.3 Å². The monoisotopic (exact) mass is 357 g/mol. The van der Waals surface area contributed by atoms with Crippen molar-refractivity contribution < 1.29 is 0 Å². The Morgan fingerprint density at radius 2 is 1.96 bits per heavy atom. The van der Waals surface area contributed by atoms with E-state index in [4.69, 9.17) is 10.7 Å². The van der Waals surface area contributed by atoms with E-state index in [9.17, 15) is 0 Å². The molecule has 0 saturated heterocycles. The number of nitrogen functional groups attached to an aromatic ring is 1. The lowest BCUT2D eigenvalue weighted by atomic mass is 9.98. The Hall–Kier alpha value is -3.61. The minimum atomic E-state index is -0.0978. The summed E-state index contributed by atoms with van der Waals surface area (Å²) in [5, 5.41) is 4.37. The molecule has 0 radical (unpaired) electrons. The number of anilines is 2. The standard InChI is InChI=1S/C20H19N7/c1-12-5-3-6-14-9-16(13(2)25-20-24-11-23-19(21)27-20)18(26-17(12)14)15-7-4-8-22-10-15/h3-11,13H,1-2H3,(H3,21,23,24,25,27)/t13-/m0/s1. The van der Waals surface area contributed by atoms with Crippen molar-refractivity contribution in [1.29, 1.82) is 0 Å². The van der Waals surface area contributed by atoms with E-state index in [-0.39, 0.29) is 12.0 Å². The smallest absolute Gasteiger partial charge is 0.227 e. The summed E-state index contributed by atoms with van der Waals surface area (Å²) >= 11 is 0. The van der Waals surface area contributed by atoms with Gasteiger partial charge in [-0.25, -0.2) is 15.0 Å². The number of nitrogens with two attached hydrogens (primary N) is 1. The van der Waals surface area contributed by atoms with E-state index in [1.165, 1.54) is 6.33 Å². The van der Waals surface area contributed by atoms with Crippen LogP contribution in [0.25, 0.3) is 22.2 Å². The molecule has 7 heteroatoms. The fourth-order valence-electron chi connectivity index (χ4n) is 3.08. The van der Waals surface area contributed by atoms with Crippen LogP contribution >= 0.6 is 0 Å². The van der Waals surface area contributed by atoms with Crippen LogP contribution in [0.15, 0.2) is 55.1 Å². The first-order chi connectivity index (χ1) is 13.1. The SMILES string of the molecule is Cc1cccc2cc([C@H](C)Nc3ncnc(N)n3)c(-c3cccnc3)nc12. The maximum absolute atomic E-state index is 5.66. The van der Waals surface area contributed by atoms with Crippen LogP contribution in [0.3, 0.4) is 0 Å². The van der Waals surface area contributed by atoms with Gasteiger partial charge in [0.1, 0.15) is 6.33 Å². The van der Waals surface area contributed by atoms with Crippen LogP contribution in [0.2, 0.25) is 0 Å². The Balaban J connectivity index is 1.84. The van der Waals surface area contributed by atoms with Crippen LogP contribution < -0.4 is 11.1 Å². The van der Waals surface area contributed by atoms with Crippen LogP contribution in [0.1, 0.15) is 24.1 Å². The van der Waals surface area contributed by atoms with Gasteiger partial charge in [0, 0.05) is 28.9 Å². The maximum Gasteiger partial charge on any atom is 0.227 e. The number of hydrogen-bond donors (Lipinski definition) is 2. The van der Waals surface area contributed by atoms with E-state index in [1.807, 2.05) is 31.3 Å². The highest BCUT2D eigenvalue weighted by atomic mass is 15.2. The van der Waals surface area contributed by atoms with Crippen molar-refractivity contribution in [3.63, 3.8) is 0 Å². The first kappa shape index (κ1) is 16.8. The molecule has 0 saturated carbocycles. The highest BCUT2D eigenvalue weighted by molar-refractivity contribution is 5.86. The van der Waals surface area contributed by atoms with Crippen molar-refractivity contribution in [3.05, 3.63) is 66.2 Å². The van der Waals surface area contributed by atoms with Gasteiger partial charge in [-0.2, -0.15) is 4.98 Å². The van der Waals surface area contributed by atoms with Gasteiger partial charge in [0.25, 0.3) is 0 Å². The number of nitrogens with one attached hydrogen (secondary N) is 1. The Kier molecular flexibility index (Phi) is 4.33. The molecule has 1 aromatic carbocycles. The molecule has 3 heterocycles. The lowest BCUT2D eigenvalue weighted by molar-refractivity contribution is 0.854. The Morgan fingerprint density at radius 3 is 2.74 bits per heavy atom. The predicted molar refractivity (Wildman–Crippen MR) is 106 cm³/mol. The number of aryl methyl sites for hydroxylation is 1. The third kappa shape index (κ3) is 3.39. The molecule has 3 aromatic heterocycles. The van der Waals surface area contributed by atoms with Crippen LogP contribution in [0, 0.1) is 6.92 Å². The highest BCUT2D eigenvalue weighted by Gasteiger charge is 2.17. The summed E-state index contributed by atoms with van der Waals surface area (Å²) in [5.74, 6) is 0.607. The summed E-state index contributed by atoms with van der Waals surface area (Å²) < 4.78 is 0. The molecule has 0 fully saturated rings. The van der Waals surface area contributed by atoms with Crippen molar-refractivity contribution >= 4 is 22.8 Å². The molecule has 0 spiro atoms. The van der Waals surface area contributed by atoms with Gasteiger partial charge in [0.15, 0.2) is 0 Å². The summed E-state index contributed by atoms with van der Waals surface area (Å²) in [5.41, 5.74) is 10.6. The van der Waals surface area contributed by atoms with E-state index in [2.05, 4.69) is 50.4 Å². The van der Waals surface area contributed by atoms with Gasteiger partial charge >= 0.3 is 0 Å². The molecule has 0 bridgehead atoms. The Labute approximate surface area is 156 Å². The summed E-state index contributed by atoms with van der Waals surface area (Å²) in [7, 11) is 0. The largest absolute Gasteiger partial charge is 0.368 e. The zero-order chi connectivity index (χ0) is 18.8. The maximum atomic E-state index is 5.66. The summed E-state index contributed by atoms with van der Waals surface area (Å²) in [6, 6.07) is 12.2. The van der Waals surface area contributed by atoms with Gasteiger partial charge in [0.2, 0.25) is 11.9 Å². The molecular formula is C20H19N7. The van der Waals surface area contributed by atoms with E-state index >= 15 is 0 Å². The average Bonchev–Trinajstić information content (AvgIpc) is 2.68. The first-order valence-electron chi connectivity index (χ1n) is 8.63. The van der Waals surface area contributed by atoms with Gasteiger partial charge in [0.05, 0.1) is 17.3 Å². The molecule has 3 N–H and O–H groups in total. The summed E-state index contributed by atoms with van der Waals surface area (Å²) in [6.07, 6.45) is 4.97. The zero-order valence-corrected chi connectivity index (χ0v) is 15.1. The van der Waals surface area contributed by atoms with Crippen LogP contribution in [0.4, 0.5) is 11.9 Å².